The normalized spacial score (nSPS) is 18.1. The predicted molar refractivity (Wildman–Crippen MR) is 79.7 cm³/mol. The van der Waals surface area contributed by atoms with Gasteiger partial charge in [0, 0.05) is 12.1 Å². The molecule has 0 bridgehead atoms. The summed E-state index contributed by atoms with van der Waals surface area (Å²) in [6.45, 7) is 4.32. The minimum atomic E-state index is 0.0507. The molecule has 1 aliphatic carbocycles. The van der Waals surface area contributed by atoms with Crippen molar-refractivity contribution in [3.8, 4) is 5.75 Å². The number of aryl methyl sites for hydroxylation is 1. The molecule has 1 aromatic rings. The summed E-state index contributed by atoms with van der Waals surface area (Å²) in [5.41, 5.74) is 2.45. The van der Waals surface area contributed by atoms with Crippen LogP contribution in [0.3, 0.4) is 0 Å². The van der Waals surface area contributed by atoms with Gasteiger partial charge in [-0.25, -0.2) is 0 Å². The molecule has 0 aliphatic heterocycles. The lowest BCUT2D eigenvalue weighted by atomic mass is 9.87. The van der Waals surface area contributed by atoms with Gasteiger partial charge >= 0.3 is 0 Å². The van der Waals surface area contributed by atoms with Crippen LogP contribution in [0.15, 0.2) is 18.2 Å². The van der Waals surface area contributed by atoms with E-state index in [0.29, 0.717) is 12.3 Å². The summed E-state index contributed by atoms with van der Waals surface area (Å²) in [4.78, 5) is 14.0. The number of aromatic hydroxyl groups is 1. The fraction of sp³-hybridized carbons (Fsp3) is 0.562. The highest BCUT2D eigenvalue weighted by molar-refractivity contribution is 5.78. The zero-order chi connectivity index (χ0) is 14.7. The Morgan fingerprint density at radius 3 is 2.95 bits per heavy atom. The second-order valence-corrected chi connectivity index (χ2v) is 5.93. The number of fused-ring (bicyclic) bond motifs is 1. The standard InChI is InChI=1S/C16H24N2O2/c1-11(2)17-16(20)10-18(3)15-6-4-5-12-7-8-13(19)9-14(12)15/h7-9,11,15,19H,4-6,10H2,1-3H3,(H,17,20). The molecule has 2 rings (SSSR count). The average molecular weight is 276 g/mol. The molecule has 1 aromatic carbocycles. The van der Waals surface area contributed by atoms with Crippen molar-refractivity contribution >= 4 is 5.91 Å². The molecule has 0 aromatic heterocycles. The molecule has 110 valence electrons. The van der Waals surface area contributed by atoms with Crippen LogP contribution >= 0.6 is 0 Å². The maximum absolute atomic E-state index is 11.9. The van der Waals surface area contributed by atoms with Crippen LogP contribution in [-0.2, 0) is 11.2 Å². The quantitative estimate of drug-likeness (QED) is 0.886. The van der Waals surface area contributed by atoms with E-state index in [4.69, 9.17) is 0 Å². The van der Waals surface area contributed by atoms with Gasteiger partial charge in [-0.2, -0.15) is 0 Å². The molecule has 1 amide bonds. The first-order valence-corrected chi connectivity index (χ1v) is 7.28. The van der Waals surface area contributed by atoms with E-state index in [2.05, 4.69) is 10.2 Å². The molecule has 2 N–H and O–H groups in total. The molecule has 0 saturated heterocycles. The lowest BCUT2D eigenvalue weighted by Gasteiger charge is -2.33. The van der Waals surface area contributed by atoms with Gasteiger partial charge in [-0.1, -0.05) is 6.07 Å². The van der Waals surface area contributed by atoms with Crippen LogP contribution in [-0.4, -0.2) is 35.5 Å². The van der Waals surface area contributed by atoms with E-state index in [-0.39, 0.29) is 18.0 Å². The first-order valence-electron chi connectivity index (χ1n) is 7.28. The third kappa shape index (κ3) is 3.51. The van der Waals surface area contributed by atoms with Crippen molar-refractivity contribution in [1.29, 1.82) is 0 Å². The van der Waals surface area contributed by atoms with Crippen LogP contribution in [0.2, 0.25) is 0 Å². The molecule has 4 heteroatoms. The van der Waals surface area contributed by atoms with Crippen molar-refractivity contribution in [2.45, 2.75) is 45.2 Å². The molecule has 0 heterocycles. The van der Waals surface area contributed by atoms with E-state index in [1.165, 1.54) is 5.56 Å². The Labute approximate surface area is 120 Å². The Morgan fingerprint density at radius 2 is 2.25 bits per heavy atom. The highest BCUT2D eigenvalue weighted by atomic mass is 16.3. The third-order valence-electron chi connectivity index (χ3n) is 3.79. The number of nitrogens with one attached hydrogen (secondary N) is 1. The smallest absolute Gasteiger partial charge is 0.234 e. The molecule has 0 saturated carbocycles. The number of phenols is 1. The number of carbonyl (C=O) groups excluding carboxylic acids is 1. The molecule has 1 unspecified atom stereocenters. The molecule has 20 heavy (non-hydrogen) atoms. The number of hydrogen-bond acceptors (Lipinski definition) is 3. The molecule has 0 radical (unpaired) electrons. The summed E-state index contributed by atoms with van der Waals surface area (Å²) in [5, 5.41) is 12.6. The molecule has 1 atom stereocenters. The second-order valence-electron chi connectivity index (χ2n) is 5.93. The number of nitrogens with zero attached hydrogens (tertiary/aromatic N) is 1. The van der Waals surface area contributed by atoms with Gasteiger partial charge in [-0.05, 0) is 63.4 Å². The third-order valence-corrected chi connectivity index (χ3v) is 3.79. The lowest BCUT2D eigenvalue weighted by molar-refractivity contribution is -0.123. The van der Waals surface area contributed by atoms with E-state index in [1.807, 2.05) is 33.0 Å². The molecular weight excluding hydrogens is 252 g/mol. The molecule has 0 spiro atoms. The van der Waals surface area contributed by atoms with Crippen LogP contribution in [0.25, 0.3) is 0 Å². The summed E-state index contributed by atoms with van der Waals surface area (Å²) in [6.07, 6.45) is 3.21. The average Bonchev–Trinajstić information content (AvgIpc) is 2.36. The summed E-state index contributed by atoms with van der Waals surface area (Å²) in [6, 6.07) is 5.96. The molecule has 1 aliphatic rings. The Morgan fingerprint density at radius 1 is 1.50 bits per heavy atom. The van der Waals surface area contributed by atoms with Crippen molar-refractivity contribution in [2.75, 3.05) is 13.6 Å². The van der Waals surface area contributed by atoms with Crippen molar-refractivity contribution in [2.24, 2.45) is 0 Å². The number of amides is 1. The number of carbonyl (C=O) groups is 1. The van der Waals surface area contributed by atoms with Crippen molar-refractivity contribution in [3.05, 3.63) is 29.3 Å². The summed E-state index contributed by atoms with van der Waals surface area (Å²) >= 11 is 0. The zero-order valence-corrected chi connectivity index (χ0v) is 12.5. The first kappa shape index (κ1) is 14.9. The van der Waals surface area contributed by atoms with Crippen LogP contribution in [0.4, 0.5) is 0 Å². The number of hydrogen-bond donors (Lipinski definition) is 2. The SMILES string of the molecule is CC(C)NC(=O)CN(C)C1CCCc2ccc(O)cc21. The van der Waals surface area contributed by atoms with Gasteiger partial charge in [0.15, 0.2) is 0 Å². The predicted octanol–water partition coefficient (Wildman–Crippen LogP) is 2.23. The number of rotatable bonds is 4. The van der Waals surface area contributed by atoms with E-state index < -0.39 is 0 Å². The summed E-state index contributed by atoms with van der Waals surface area (Å²) < 4.78 is 0. The topological polar surface area (TPSA) is 52.6 Å². The highest BCUT2D eigenvalue weighted by Gasteiger charge is 2.25. The Bertz CT molecular complexity index is 485. The monoisotopic (exact) mass is 276 g/mol. The van der Waals surface area contributed by atoms with Gasteiger partial charge < -0.3 is 10.4 Å². The van der Waals surface area contributed by atoms with E-state index in [9.17, 15) is 9.90 Å². The fourth-order valence-electron chi connectivity index (χ4n) is 2.92. The van der Waals surface area contributed by atoms with E-state index >= 15 is 0 Å². The number of phenolic OH excluding ortho intramolecular Hbond substituents is 1. The number of benzene rings is 1. The lowest BCUT2D eigenvalue weighted by Crippen LogP contribution is -2.40. The maximum atomic E-state index is 11.9. The largest absolute Gasteiger partial charge is 0.508 e. The van der Waals surface area contributed by atoms with Crippen LogP contribution in [0.5, 0.6) is 5.75 Å². The van der Waals surface area contributed by atoms with Crippen LogP contribution < -0.4 is 5.32 Å². The van der Waals surface area contributed by atoms with Gasteiger partial charge in [0.05, 0.1) is 6.54 Å². The van der Waals surface area contributed by atoms with E-state index in [0.717, 1.165) is 24.8 Å². The minimum Gasteiger partial charge on any atom is -0.508 e. The van der Waals surface area contributed by atoms with Gasteiger partial charge in [0.1, 0.15) is 5.75 Å². The highest BCUT2D eigenvalue weighted by Crippen LogP contribution is 2.35. The van der Waals surface area contributed by atoms with Crippen molar-refractivity contribution in [1.82, 2.24) is 10.2 Å². The van der Waals surface area contributed by atoms with Gasteiger partial charge in [0.25, 0.3) is 0 Å². The zero-order valence-electron chi connectivity index (χ0n) is 12.5. The molecular formula is C16H24N2O2. The Hall–Kier alpha value is -1.55. The van der Waals surface area contributed by atoms with E-state index in [1.54, 1.807) is 6.07 Å². The van der Waals surface area contributed by atoms with Crippen molar-refractivity contribution < 1.29 is 9.90 Å². The maximum Gasteiger partial charge on any atom is 0.234 e. The molecule has 4 nitrogen and oxygen atoms in total. The summed E-state index contributed by atoms with van der Waals surface area (Å²) in [5.74, 6) is 0.352. The molecule has 0 fully saturated rings. The van der Waals surface area contributed by atoms with Gasteiger partial charge in [-0.3, -0.25) is 9.69 Å². The Kier molecular flexibility index (Phi) is 4.65. The fourth-order valence-corrected chi connectivity index (χ4v) is 2.92. The summed E-state index contributed by atoms with van der Waals surface area (Å²) in [7, 11) is 1.98. The second kappa shape index (κ2) is 6.27. The van der Waals surface area contributed by atoms with Crippen LogP contribution in [0, 0.1) is 0 Å². The minimum absolute atomic E-state index is 0.0507. The van der Waals surface area contributed by atoms with Gasteiger partial charge in [-0.15, -0.1) is 0 Å². The van der Waals surface area contributed by atoms with Crippen molar-refractivity contribution in [3.63, 3.8) is 0 Å². The van der Waals surface area contributed by atoms with Crippen LogP contribution in [0.1, 0.15) is 43.9 Å². The number of likely N-dealkylation sites (N-methyl/N-ethyl adjacent to an activating group) is 1. The Balaban J connectivity index is 2.10. The first-order chi connectivity index (χ1) is 9.47. The van der Waals surface area contributed by atoms with Gasteiger partial charge in [0.2, 0.25) is 5.91 Å².